The van der Waals surface area contributed by atoms with Gasteiger partial charge < -0.3 is 29.0 Å². The van der Waals surface area contributed by atoms with E-state index in [-0.39, 0.29) is 19.8 Å². The van der Waals surface area contributed by atoms with E-state index in [0.29, 0.717) is 44.3 Å². The van der Waals surface area contributed by atoms with Gasteiger partial charge in [-0.15, -0.1) is 0 Å². The summed E-state index contributed by atoms with van der Waals surface area (Å²) in [5.74, 6) is 0.258. The van der Waals surface area contributed by atoms with E-state index in [4.69, 9.17) is 23.7 Å². The van der Waals surface area contributed by atoms with Gasteiger partial charge in [-0.3, -0.25) is 9.59 Å². The summed E-state index contributed by atoms with van der Waals surface area (Å²) < 4.78 is 27.1. The van der Waals surface area contributed by atoms with Crippen LogP contribution in [0.3, 0.4) is 0 Å². The van der Waals surface area contributed by atoms with Crippen molar-refractivity contribution in [1.82, 2.24) is 10.7 Å². The number of nitrogens with zero attached hydrogens (tertiary/aromatic N) is 1. The summed E-state index contributed by atoms with van der Waals surface area (Å²) in [7, 11) is 2.96. The lowest BCUT2D eigenvalue weighted by Crippen LogP contribution is -2.34. The number of benzene rings is 2. The van der Waals surface area contributed by atoms with Crippen LogP contribution in [-0.2, 0) is 14.3 Å². The van der Waals surface area contributed by atoms with Gasteiger partial charge in [-0.05, 0) is 72.3 Å². The molecule has 12 heteroatoms. The zero-order valence-corrected chi connectivity index (χ0v) is 22.5. The molecule has 0 heterocycles. The van der Waals surface area contributed by atoms with Gasteiger partial charge in [0, 0.05) is 5.56 Å². The number of hydrogen-bond acceptors (Lipinski definition) is 9. The van der Waals surface area contributed by atoms with E-state index in [0.717, 1.165) is 0 Å². The van der Waals surface area contributed by atoms with E-state index in [2.05, 4.69) is 15.8 Å². The topological polar surface area (TPSA) is 134 Å². The van der Waals surface area contributed by atoms with Crippen LogP contribution in [0.1, 0.15) is 29.8 Å². The number of amides is 2. The number of halogens is 1. The van der Waals surface area contributed by atoms with E-state index < -0.39 is 17.8 Å². The second kappa shape index (κ2) is 14.8. The lowest BCUT2D eigenvalue weighted by molar-refractivity contribution is -0.145. The summed E-state index contributed by atoms with van der Waals surface area (Å²) in [6.45, 7) is 3.64. The molecule has 2 aromatic rings. The molecule has 0 radical (unpaired) electrons. The predicted octanol–water partition coefficient (Wildman–Crippen LogP) is 2.53. The van der Waals surface area contributed by atoms with Crippen molar-refractivity contribution in [3.8, 4) is 23.0 Å². The highest BCUT2D eigenvalue weighted by Crippen LogP contribution is 2.34. The normalized spacial score (nSPS) is 10.5. The van der Waals surface area contributed by atoms with Crippen molar-refractivity contribution in [3.05, 3.63) is 45.0 Å². The van der Waals surface area contributed by atoms with Crippen LogP contribution in [0.5, 0.6) is 23.0 Å². The molecule has 0 saturated heterocycles. The van der Waals surface area contributed by atoms with Crippen LogP contribution in [0.25, 0.3) is 0 Å². The molecule has 0 aliphatic heterocycles. The monoisotopic (exact) mass is 613 g/mol. The number of esters is 1. The molecule has 0 aliphatic carbocycles. The third-order valence-electron chi connectivity index (χ3n) is 4.43. The Morgan fingerprint density at radius 1 is 0.972 bits per heavy atom. The second-order valence-electron chi connectivity index (χ2n) is 6.90. The van der Waals surface area contributed by atoms with Crippen molar-refractivity contribution in [2.24, 2.45) is 5.10 Å². The summed E-state index contributed by atoms with van der Waals surface area (Å²) in [4.78, 5) is 36.1. The van der Waals surface area contributed by atoms with Crippen molar-refractivity contribution in [2.75, 3.05) is 40.6 Å². The first-order chi connectivity index (χ1) is 17.3. The molecule has 2 aromatic carbocycles. The van der Waals surface area contributed by atoms with Crippen LogP contribution in [0.15, 0.2) is 35.4 Å². The number of methoxy groups -OCH3 is 2. The van der Waals surface area contributed by atoms with Gasteiger partial charge in [0.05, 0.1) is 43.8 Å². The molecular weight excluding hydrogens is 585 g/mol. The first-order valence-corrected chi connectivity index (χ1v) is 12.0. The number of carbonyl (C=O) groups is 3. The summed E-state index contributed by atoms with van der Waals surface area (Å²) in [6.07, 6.45) is 1.42. The highest BCUT2D eigenvalue weighted by molar-refractivity contribution is 14.1. The number of ether oxygens (including phenoxy) is 5. The molecule has 0 spiro atoms. The molecule has 2 N–H and O–H groups in total. The van der Waals surface area contributed by atoms with Gasteiger partial charge in [0.1, 0.15) is 0 Å². The van der Waals surface area contributed by atoms with Gasteiger partial charge in [-0.1, -0.05) is 0 Å². The number of rotatable bonds is 13. The maximum absolute atomic E-state index is 12.3. The van der Waals surface area contributed by atoms with Gasteiger partial charge in [0.25, 0.3) is 11.8 Å². The summed E-state index contributed by atoms with van der Waals surface area (Å²) in [6, 6.07) is 8.09. The number of hydrazone groups is 1. The van der Waals surface area contributed by atoms with Crippen LogP contribution >= 0.6 is 22.6 Å². The molecule has 2 amide bonds. The molecule has 2 rings (SSSR count). The van der Waals surface area contributed by atoms with Crippen LogP contribution < -0.4 is 29.7 Å². The van der Waals surface area contributed by atoms with Crippen LogP contribution in [-0.4, -0.2) is 64.6 Å². The molecule has 0 unspecified atom stereocenters. The van der Waals surface area contributed by atoms with Gasteiger partial charge in [-0.25, -0.2) is 10.2 Å². The highest BCUT2D eigenvalue weighted by Gasteiger charge is 2.15. The Bertz CT molecular complexity index is 1110. The SMILES string of the molecule is CCOC(=O)COc1c(I)cc(C=NNC(=O)CNC(=O)c2ccc(OC)c(OC)c2)cc1OCC. The minimum absolute atomic E-state index is 0.248. The quantitative estimate of drug-likeness (QED) is 0.153. The standard InChI is InChI=1S/C24H28IN3O8/c1-5-34-20-10-15(9-17(25)23(20)36-14-22(30)35-6-2)12-27-28-21(29)13-26-24(31)16-7-8-18(32-3)19(11-16)33-4/h7-12H,5-6,13-14H2,1-4H3,(H,26,31)(H,28,29). The van der Waals surface area contributed by atoms with E-state index in [9.17, 15) is 14.4 Å². The number of carbonyl (C=O) groups excluding carboxylic acids is 3. The molecule has 36 heavy (non-hydrogen) atoms. The van der Waals surface area contributed by atoms with E-state index in [1.807, 2.05) is 29.5 Å². The van der Waals surface area contributed by atoms with Crippen molar-refractivity contribution < 1.29 is 38.1 Å². The van der Waals surface area contributed by atoms with Gasteiger partial charge in [-0.2, -0.15) is 5.10 Å². The van der Waals surface area contributed by atoms with Gasteiger partial charge in [0.15, 0.2) is 29.6 Å². The fourth-order valence-electron chi connectivity index (χ4n) is 2.86. The predicted molar refractivity (Wildman–Crippen MR) is 140 cm³/mol. The van der Waals surface area contributed by atoms with Crippen LogP contribution in [0.2, 0.25) is 0 Å². The molecular formula is C24H28IN3O8. The highest BCUT2D eigenvalue weighted by atomic mass is 127. The maximum atomic E-state index is 12.3. The fourth-order valence-corrected chi connectivity index (χ4v) is 3.64. The Kier molecular flexibility index (Phi) is 11.8. The molecule has 194 valence electrons. The Balaban J connectivity index is 1.96. The number of nitrogens with one attached hydrogen (secondary N) is 2. The second-order valence-corrected chi connectivity index (χ2v) is 8.06. The van der Waals surface area contributed by atoms with E-state index >= 15 is 0 Å². The third kappa shape index (κ3) is 8.59. The van der Waals surface area contributed by atoms with E-state index in [1.54, 1.807) is 31.2 Å². The summed E-state index contributed by atoms with van der Waals surface area (Å²) in [5, 5.41) is 6.44. The van der Waals surface area contributed by atoms with Gasteiger partial charge >= 0.3 is 5.97 Å². The molecule has 0 aromatic heterocycles. The fraction of sp³-hybridized carbons (Fsp3) is 0.333. The van der Waals surface area contributed by atoms with Crippen molar-refractivity contribution >= 4 is 46.6 Å². The Hall–Kier alpha value is -3.55. The third-order valence-corrected chi connectivity index (χ3v) is 5.23. The molecule has 0 aliphatic rings. The lowest BCUT2D eigenvalue weighted by Gasteiger charge is -2.14. The first kappa shape index (κ1) is 28.7. The smallest absolute Gasteiger partial charge is 0.344 e. The van der Waals surface area contributed by atoms with Crippen LogP contribution in [0, 0.1) is 3.57 Å². The van der Waals surface area contributed by atoms with Crippen molar-refractivity contribution in [1.29, 1.82) is 0 Å². The van der Waals surface area contributed by atoms with Crippen molar-refractivity contribution in [2.45, 2.75) is 13.8 Å². The average molecular weight is 613 g/mol. The summed E-state index contributed by atoms with van der Waals surface area (Å²) in [5.41, 5.74) is 3.29. The Morgan fingerprint density at radius 3 is 2.39 bits per heavy atom. The molecule has 0 atom stereocenters. The average Bonchev–Trinajstić information content (AvgIpc) is 2.86. The Morgan fingerprint density at radius 2 is 1.72 bits per heavy atom. The molecule has 0 bridgehead atoms. The minimum Gasteiger partial charge on any atom is -0.493 e. The molecule has 0 fully saturated rings. The Labute approximate surface area is 222 Å². The molecule has 11 nitrogen and oxygen atoms in total. The molecule has 0 saturated carbocycles. The van der Waals surface area contributed by atoms with Crippen LogP contribution in [0.4, 0.5) is 0 Å². The largest absolute Gasteiger partial charge is 0.493 e. The van der Waals surface area contributed by atoms with Gasteiger partial charge in [0.2, 0.25) is 0 Å². The zero-order valence-electron chi connectivity index (χ0n) is 20.4. The van der Waals surface area contributed by atoms with Crippen molar-refractivity contribution in [3.63, 3.8) is 0 Å². The number of hydrogen-bond donors (Lipinski definition) is 2. The minimum atomic E-state index is -0.519. The first-order valence-electron chi connectivity index (χ1n) is 10.9. The van der Waals surface area contributed by atoms with E-state index in [1.165, 1.54) is 26.5 Å². The lowest BCUT2D eigenvalue weighted by atomic mass is 10.2. The zero-order chi connectivity index (χ0) is 26.5. The maximum Gasteiger partial charge on any atom is 0.344 e. The summed E-state index contributed by atoms with van der Waals surface area (Å²) >= 11 is 2.05.